The molecule has 4 rings (SSSR count). The third-order valence-corrected chi connectivity index (χ3v) is 4.14. The highest BCUT2D eigenvalue weighted by molar-refractivity contribution is 5.45. The van der Waals surface area contributed by atoms with Crippen molar-refractivity contribution in [1.29, 1.82) is 0 Å². The van der Waals surface area contributed by atoms with Gasteiger partial charge in [-0.15, -0.1) is 0 Å². The summed E-state index contributed by atoms with van der Waals surface area (Å²) in [6, 6.07) is 8.73. The first-order valence-corrected chi connectivity index (χ1v) is 6.54. The number of piperidine rings is 3. The van der Waals surface area contributed by atoms with E-state index in [1.54, 1.807) is 0 Å². The third kappa shape index (κ3) is 2.31. The van der Waals surface area contributed by atoms with Crippen LogP contribution in [-0.2, 0) is 6.61 Å². The summed E-state index contributed by atoms with van der Waals surface area (Å²) in [6.45, 7) is 3.88. The van der Waals surface area contributed by atoms with Crippen molar-refractivity contribution in [2.24, 2.45) is 5.92 Å². The van der Waals surface area contributed by atoms with Crippen LogP contribution in [0.1, 0.15) is 18.4 Å². The molecule has 0 aliphatic carbocycles. The van der Waals surface area contributed by atoms with Crippen LogP contribution in [0.5, 0.6) is 0 Å². The van der Waals surface area contributed by atoms with Crippen LogP contribution >= 0.6 is 0 Å². The van der Waals surface area contributed by atoms with Gasteiger partial charge in [0.25, 0.3) is 0 Å². The molecule has 3 nitrogen and oxygen atoms in total. The Bertz CT molecular complexity index is 368. The van der Waals surface area contributed by atoms with E-state index in [1.807, 2.05) is 12.1 Å². The normalized spacial score (nSPS) is 31.5. The van der Waals surface area contributed by atoms with Crippen molar-refractivity contribution in [2.75, 3.05) is 25.0 Å². The van der Waals surface area contributed by atoms with E-state index in [9.17, 15) is 0 Å². The predicted molar refractivity (Wildman–Crippen MR) is 68.9 cm³/mol. The molecule has 1 aromatic rings. The highest BCUT2D eigenvalue weighted by atomic mass is 16.3. The molecule has 17 heavy (non-hydrogen) atoms. The van der Waals surface area contributed by atoms with Gasteiger partial charge in [0, 0.05) is 18.3 Å². The zero-order chi connectivity index (χ0) is 11.7. The van der Waals surface area contributed by atoms with Crippen LogP contribution in [0.2, 0.25) is 0 Å². The highest BCUT2D eigenvalue weighted by Gasteiger charge is 2.33. The second kappa shape index (κ2) is 4.67. The number of rotatable bonds is 3. The third-order valence-electron chi connectivity index (χ3n) is 4.14. The molecule has 3 heteroatoms. The van der Waals surface area contributed by atoms with Crippen molar-refractivity contribution in [3.05, 3.63) is 29.8 Å². The Kier molecular flexibility index (Phi) is 3.04. The number of hydrogen-bond donors (Lipinski definition) is 2. The first kappa shape index (κ1) is 11.1. The Labute approximate surface area is 102 Å². The van der Waals surface area contributed by atoms with Gasteiger partial charge in [-0.2, -0.15) is 0 Å². The number of benzene rings is 1. The van der Waals surface area contributed by atoms with Gasteiger partial charge in [0.1, 0.15) is 0 Å². The number of aliphatic hydroxyl groups is 1. The summed E-state index contributed by atoms with van der Waals surface area (Å²) in [5.41, 5.74) is 2.16. The maximum absolute atomic E-state index is 9.01. The lowest BCUT2D eigenvalue weighted by Crippen LogP contribution is -2.53. The molecule has 2 bridgehead atoms. The Morgan fingerprint density at radius 1 is 1.18 bits per heavy atom. The van der Waals surface area contributed by atoms with Gasteiger partial charge >= 0.3 is 0 Å². The smallest absolute Gasteiger partial charge is 0.0681 e. The fraction of sp³-hybridized carbons (Fsp3) is 0.571. The van der Waals surface area contributed by atoms with Gasteiger partial charge in [0.2, 0.25) is 0 Å². The Hall–Kier alpha value is -1.06. The van der Waals surface area contributed by atoms with Gasteiger partial charge in [0.15, 0.2) is 0 Å². The van der Waals surface area contributed by atoms with Crippen LogP contribution < -0.4 is 5.32 Å². The Morgan fingerprint density at radius 2 is 1.88 bits per heavy atom. The minimum Gasteiger partial charge on any atom is -0.392 e. The largest absolute Gasteiger partial charge is 0.392 e. The quantitative estimate of drug-likeness (QED) is 0.832. The molecular weight excluding hydrogens is 212 g/mol. The van der Waals surface area contributed by atoms with E-state index in [0.717, 1.165) is 11.5 Å². The van der Waals surface area contributed by atoms with Crippen molar-refractivity contribution >= 4 is 5.69 Å². The summed E-state index contributed by atoms with van der Waals surface area (Å²) < 4.78 is 0. The standard InChI is InChI=1S/C14H20N2O/c17-10-11-1-3-13(4-2-11)15-14-9-16-7-5-12(14)6-8-16/h1-4,12,14-15,17H,5-10H2. The van der Waals surface area contributed by atoms with Crippen molar-refractivity contribution in [1.82, 2.24) is 4.90 Å². The minimum absolute atomic E-state index is 0.125. The van der Waals surface area contributed by atoms with E-state index < -0.39 is 0 Å². The summed E-state index contributed by atoms with van der Waals surface area (Å²) in [5, 5.41) is 12.6. The molecule has 3 aliphatic heterocycles. The summed E-state index contributed by atoms with van der Waals surface area (Å²) >= 11 is 0. The minimum atomic E-state index is 0.125. The van der Waals surface area contributed by atoms with Gasteiger partial charge in [-0.05, 0) is 49.5 Å². The summed E-state index contributed by atoms with van der Waals surface area (Å²) in [4.78, 5) is 2.56. The molecule has 2 N–H and O–H groups in total. The second-order valence-electron chi connectivity index (χ2n) is 5.24. The topological polar surface area (TPSA) is 35.5 Å². The summed E-state index contributed by atoms with van der Waals surface area (Å²) in [6.07, 6.45) is 2.68. The number of aliphatic hydroxyl groups excluding tert-OH is 1. The lowest BCUT2D eigenvalue weighted by Gasteiger charge is -2.45. The molecule has 0 aromatic heterocycles. The first-order chi connectivity index (χ1) is 8.35. The molecule has 0 amide bonds. The average Bonchev–Trinajstić information content (AvgIpc) is 2.41. The lowest BCUT2D eigenvalue weighted by molar-refractivity contribution is 0.0975. The summed E-state index contributed by atoms with van der Waals surface area (Å²) in [5.74, 6) is 0.845. The number of nitrogens with zero attached hydrogens (tertiary/aromatic N) is 1. The van der Waals surface area contributed by atoms with Gasteiger partial charge in [-0.3, -0.25) is 0 Å². The molecule has 3 heterocycles. The van der Waals surface area contributed by atoms with Crippen molar-refractivity contribution < 1.29 is 5.11 Å². The van der Waals surface area contributed by atoms with Gasteiger partial charge in [-0.25, -0.2) is 0 Å². The molecule has 3 saturated heterocycles. The van der Waals surface area contributed by atoms with Crippen LogP contribution in [-0.4, -0.2) is 35.7 Å². The van der Waals surface area contributed by atoms with Crippen LogP contribution in [0.4, 0.5) is 5.69 Å². The monoisotopic (exact) mass is 232 g/mol. The molecule has 3 fully saturated rings. The maximum atomic E-state index is 9.01. The number of anilines is 1. The van der Waals surface area contributed by atoms with Crippen molar-refractivity contribution in [3.8, 4) is 0 Å². The Balaban J connectivity index is 1.66. The summed E-state index contributed by atoms with van der Waals surface area (Å²) in [7, 11) is 0. The average molecular weight is 232 g/mol. The first-order valence-electron chi connectivity index (χ1n) is 6.54. The number of fused-ring (bicyclic) bond motifs is 3. The van der Waals surface area contributed by atoms with E-state index in [-0.39, 0.29) is 6.61 Å². The molecule has 1 aromatic carbocycles. The number of hydrogen-bond acceptors (Lipinski definition) is 3. The zero-order valence-corrected chi connectivity index (χ0v) is 10.1. The molecule has 1 atom stereocenters. The molecule has 3 aliphatic rings. The van der Waals surface area contributed by atoms with Crippen LogP contribution in [0, 0.1) is 5.92 Å². The molecule has 0 radical (unpaired) electrons. The van der Waals surface area contributed by atoms with Crippen LogP contribution in [0.15, 0.2) is 24.3 Å². The van der Waals surface area contributed by atoms with Gasteiger partial charge < -0.3 is 15.3 Å². The molecule has 0 saturated carbocycles. The van der Waals surface area contributed by atoms with Gasteiger partial charge in [0.05, 0.1) is 6.61 Å². The Morgan fingerprint density at radius 3 is 2.41 bits per heavy atom. The second-order valence-corrected chi connectivity index (χ2v) is 5.24. The van der Waals surface area contributed by atoms with E-state index in [4.69, 9.17) is 5.11 Å². The predicted octanol–water partition coefficient (Wildman–Crippen LogP) is 1.68. The van der Waals surface area contributed by atoms with E-state index in [1.165, 1.54) is 38.2 Å². The maximum Gasteiger partial charge on any atom is 0.0681 e. The molecule has 0 spiro atoms. The van der Waals surface area contributed by atoms with Crippen molar-refractivity contribution in [2.45, 2.75) is 25.5 Å². The highest BCUT2D eigenvalue weighted by Crippen LogP contribution is 2.29. The molecule has 92 valence electrons. The molecular formula is C14H20N2O. The fourth-order valence-corrected chi connectivity index (χ4v) is 3.05. The zero-order valence-electron chi connectivity index (χ0n) is 10.1. The van der Waals surface area contributed by atoms with Crippen molar-refractivity contribution in [3.63, 3.8) is 0 Å². The van der Waals surface area contributed by atoms with Gasteiger partial charge in [-0.1, -0.05) is 12.1 Å². The van der Waals surface area contributed by atoms with E-state index >= 15 is 0 Å². The lowest BCUT2D eigenvalue weighted by atomic mass is 9.84. The fourth-order valence-electron chi connectivity index (χ4n) is 3.05. The number of nitrogens with one attached hydrogen (secondary N) is 1. The van der Waals surface area contributed by atoms with E-state index in [2.05, 4.69) is 22.3 Å². The molecule has 1 unspecified atom stereocenters. The SMILES string of the molecule is OCc1ccc(NC2CN3CCC2CC3)cc1. The van der Waals surface area contributed by atoms with E-state index in [0.29, 0.717) is 6.04 Å². The van der Waals surface area contributed by atoms with Crippen LogP contribution in [0.25, 0.3) is 0 Å². The van der Waals surface area contributed by atoms with Crippen LogP contribution in [0.3, 0.4) is 0 Å².